The largest absolute Gasteiger partial charge is 0.488 e. The van der Waals surface area contributed by atoms with Crippen molar-refractivity contribution in [3.63, 3.8) is 0 Å². The van der Waals surface area contributed by atoms with Crippen LogP contribution in [0.5, 0.6) is 5.75 Å². The Morgan fingerprint density at radius 3 is 2.62 bits per heavy atom. The fraction of sp³-hybridized carbons (Fsp3) is 0.522. The molecule has 0 N–H and O–H groups in total. The number of fused-ring (bicyclic) bond motifs is 1. The molecule has 3 fully saturated rings. The zero-order chi connectivity index (χ0) is 19.4. The first-order valence-electron chi connectivity index (χ1n) is 10.9. The molecule has 0 unspecified atom stereocenters. The second kappa shape index (κ2) is 6.52. The Balaban J connectivity index is 1.23. The number of ether oxygens (including phenoxy) is 1. The predicted octanol–water partition coefficient (Wildman–Crippen LogP) is 3.04. The van der Waals surface area contributed by atoms with E-state index in [1.54, 1.807) is 6.33 Å². The Labute approximate surface area is 171 Å². The van der Waals surface area contributed by atoms with Gasteiger partial charge >= 0.3 is 0 Å². The van der Waals surface area contributed by atoms with Crippen LogP contribution in [0.2, 0.25) is 0 Å². The molecule has 0 atom stereocenters. The molecule has 0 amide bonds. The van der Waals surface area contributed by atoms with Gasteiger partial charge in [0.1, 0.15) is 23.5 Å². The fourth-order valence-corrected chi connectivity index (χ4v) is 4.41. The molecule has 3 heterocycles. The average Bonchev–Trinajstić information content (AvgIpc) is 3.67. The van der Waals surface area contributed by atoms with Gasteiger partial charge in [0.05, 0.1) is 18.0 Å². The second-order valence-electron chi connectivity index (χ2n) is 9.05. The topological polar surface area (TPSA) is 53.9 Å². The van der Waals surface area contributed by atoms with Gasteiger partial charge in [-0.15, -0.1) is 0 Å². The number of rotatable bonds is 5. The van der Waals surface area contributed by atoms with Gasteiger partial charge < -0.3 is 9.64 Å². The molecule has 0 spiro atoms. The highest BCUT2D eigenvalue weighted by atomic mass is 16.5. The van der Waals surface area contributed by atoms with Crippen LogP contribution in [0.4, 0.5) is 5.82 Å². The third-order valence-electron chi connectivity index (χ3n) is 6.66. The summed E-state index contributed by atoms with van der Waals surface area (Å²) in [7, 11) is 0. The smallest absolute Gasteiger partial charge is 0.132 e. The molecule has 2 saturated carbocycles. The van der Waals surface area contributed by atoms with E-state index in [1.165, 1.54) is 18.4 Å². The van der Waals surface area contributed by atoms with E-state index in [4.69, 9.17) is 9.73 Å². The van der Waals surface area contributed by atoms with Crippen molar-refractivity contribution in [3.05, 3.63) is 47.4 Å². The van der Waals surface area contributed by atoms with Crippen molar-refractivity contribution >= 4 is 11.5 Å². The summed E-state index contributed by atoms with van der Waals surface area (Å²) in [4.78, 5) is 18.9. The summed E-state index contributed by atoms with van der Waals surface area (Å²) in [5.41, 5.74) is 4.29. The number of hydrogen-bond donors (Lipinski definition) is 0. The fourth-order valence-electron chi connectivity index (χ4n) is 4.41. The number of anilines is 1. The Hall–Kier alpha value is -2.47. The van der Waals surface area contributed by atoms with Crippen molar-refractivity contribution in [1.29, 1.82) is 0 Å². The Morgan fingerprint density at radius 2 is 1.86 bits per heavy atom. The number of piperazine rings is 1. The van der Waals surface area contributed by atoms with Crippen LogP contribution in [-0.4, -0.2) is 58.4 Å². The number of aliphatic imine (C=N–C) groups is 1. The van der Waals surface area contributed by atoms with Crippen LogP contribution in [0.1, 0.15) is 49.4 Å². The van der Waals surface area contributed by atoms with Crippen molar-refractivity contribution in [1.82, 2.24) is 14.9 Å². The van der Waals surface area contributed by atoms with E-state index < -0.39 is 0 Å². The molecule has 0 radical (unpaired) electrons. The van der Waals surface area contributed by atoms with Crippen molar-refractivity contribution in [2.75, 3.05) is 31.1 Å². The van der Waals surface area contributed by atoms with E-state index in [2.05, 4.69) is 51.0 Å². The minimum Gasteiger partial charge on any atom is -0.488 e. The second-order valence-corrected chi connectivity index (χ2v) is 9.05. The molecule has 29 heavy (non-hydrogen) atoms. The van der Waals surface area contributed by atoms with E-state index in [0.29, 0.717) is 6.54 Å². The van der Waals surface area contributed by atoms with Gasteiger partial charge in [-0.2, -0.15) is 0 Å². The van der Waals surface area contributed by atoms with Crippen LogP contribution < -0.4 is 9.64 Å². The minimum atomic E-state index is 0.0227. The highest BCUT2D eigenvalue weighted by molar-refractivity contribution is 6.14. The van der Waals surface area contributed by atoms with Crippen molar-refractivity contribution in [3.8, 4) is 5.75 Å². The maximum atomic E-state index is 6.17. The molecule has 1 aromatic carbocycles. The lowest BCUT2D eigenvalue weighted by molar-refractivity contribution is 0.200. The van der Waals surface area contributed by atoms with E-state index in [0.717, 1.165) is 73.6 Å². The lowest BCUT2D eigenvalue weighted by Crippen LogP contribution is -2.47. The van der Waals surface area contributed by atoms with Gasteiger partial charge in [0.25, 0.3) is 0 Å². The van der Waals surface area contributed by atoms with Gasteiger partial charge in [-0.3, -0.25) is 9.89 Å². The third-order valence-corrected chi connectivity index (χ3v) is 6.66. The quantitative estimate of drug-likeness (QED) is 0.787. The third kappa shape index (κ3) is 3.39. The normalized spacial score (nSPS) is 22.9. The molecule has 150 valence electrons. The SMILES string of the molecule is CC1(Oc2ccc3c(c2)C(c2cc(N4CCN(C5CC5)CC4)ncn2)=NC3)CC1. The highest BCUT2D eigenvalue weighted by Gasteiger charge is 2.40. The monoisotopic (exact) mass is 389 g/mol. The highest BCUT2D eigenvalue weighted by Crippen LogP contribution is 2.40. The van der Waals surface area contributed by atoms with Crippen molar-refractivity contribution < 1.29 is 4.74 Å². The molecule has 2 aliphatic carbocycles. The van der Waals surface area contributed by atoms with Crippen LogP contribution in [0.3, 0.4) is 0 Å². The number of hydrogen-bond acceptors (Lipinski definition) is 6. The first kappa shape index (κ1) is 17.4. The van der Waals surface area contributed by atoms with E-state index in [-0.39, 0.29) is 5.60 Å². The molecule has 4 aliphatic rings. The molecule has 2 aromatic rings. The van der Waals surface area contributed by atoms with E-state index in [9.17, 15) is 0 Å². The molecular formula is C23H27N5O. The van der Waals surface area contributed by atoms with Crippen LogP contribution in [0.25, 0.3) is 0 Å². The lowest BCUT2D eigenvalue weighted by atomic mass is 10.0. The molecule has 6 heteroatoms. The summed E-state index contributed by atoms with van der Waals surface area (Å²) in [6.45, 7) is 7.22. The summed E-state index contributed by atoms with van der Waals surface area (Å²) >= 11 is 0. The zero-order valence-corrected chi connectivity index (χ0v) is 17.0. The summed E-state index contributed by atoms with van der Waals surface area (Å²) in [5, 5.41) is 0. The molecule has 0 bridgehead atoms. The summed E-state index contributed by atoms with van der Waals surface area (Å²) < 4.78 is 6.17. The van der Waals surface area contributed by atoms with E-state index >= 15 is 0 Å². The Kier molecular flexibility index (Phi) is 3.91. The van der Waals surface area contributed by atoms with Crippen LogP contribution in [0.15, 0.2) is 35.6 Å². The zero-order valence-electron chi connectivity index (χ0n) is 17.0. The molecule has 6 rings (SSSR count). The maximum Gasteiger partial charge on any atom is 0.132 e. The standard InChI is InChI=1S/C23H27N5O/c1-23(6-7-23)29-18-5-2-16-14-24-22(19(16)12-18)20-13-21(26-15-25-20)28-10-8-27(9-11-28)17-3-4-17/h2,5,12-13,15,17H,3-4,6-11,14H2,1H3. The van der Waals surface area contributed by atoms with Gasteiger partial charge in [0, 0.05) is 43.9 Å². The summed E-state index contributed by atoms with van der Waals surface area (Å²) in [6.07, 6.45) is 6.70. The Bertz CT molecular complexity index is 971. The van der Waals surface area contributed by atoms with Gasteiger partial charge in [-0.05, 0) is 50.3 Å². The molecular weight excluding hydrogens is 362 g/mol. The molecule has 1 saturated heterocycles. The van der Waals surface area contributed by atoms with Crippen LogP contribution >= 0.6 is 0 Å². The molecule has 2 aliphatic heterocycles. The number of aromatic nitrogens is 2. The lowest BCUT2D eigenvalue weighted by Gasteiger charge is -2.35. The van der Waals surface area contributed by atoms with Gasteiger partial charge in [0.2, 0.25) is 0 Å². The minimum absolute atomic E-state index is 0.0227. The molecule has 1 aromatic heterocycles. The van der Waals surface area contributed by atoms with Crippen molar-refractivity contribution in [2.24, 2.45) is 4.99 Å². The van der Waals surface area contributed by atoms with Crippen LogP contribution in [-0.2, 0) is 6.54 Å². The first-order chi connectivity index (χ1) is 14.2. The first-order valence-corrected chi connectivity index (χ1v) is 10.9. The maximum absolute atomic E-state index is 6.17. The average molecular weight is 390 g/mol. The Morgan fingerprint density at radius 1 is 1.03 bits per heavy atom. The van der Waals surface area contributed by atoms with Crippen LogP contribution in [0, 0.1) is 0 Å². The molecule has 6 nitrogen and oxygen atoms in total. The van der Waals surface area contributed by atoms with Gasteiger partial charge in [-0.1, -0.05) is 6.07 Å². The summed E-state index contributed by atoms with van der Waals surface area (Å²) in [6, 6.07) is 9.31. The van der Waals surface area contributed by atoms with Gasteiger partial charge in [-0.25, -0.2) is 9.97 Å². The van der Waals surface area contributed by atoms with E-state index in [1.807, 2.05) is 0 Å². The predicted molar refractivity (Wildman–Crippen MR) is 113 cm³/mol. The van der Waals surface area contributed by atoms with Crippen molar-refractivity contribution in [2.45, 2.75) is 50.8 Å². The number of benzene rings is 1. The number of nitrogens with zero attached hydrogens (tertiary/aromatic N) is 5. The summed E-state index contributed by atoms with van der Waals surface area (Å²) in [5.74, 6) is 1.95. The van der Waals surface area contributed by atoms with Gasteiger partial charge in [0.15, 0.2) is 0 Å².